The van der Waals surface area contributed by atoms with Gasteiger partial charge in [-0.25, -0.2) is 4.79 Å². The quantitative estimate of drug-likeness (QED) is 0.501. The van der Waals surface area contributed by atoms with Crippen LogP contribution in [0.5, 0.6) is 0 Å². The molecule has 0 aromatic heterocycles. The summed E-state index contributed by atoms with van der Waals surface area (Å²) in [5.41, 5.74) is -0.877. The largest absolute Gasteiger partial charge is 0.427 e. The summed E-state index contributed by atoms with van der Waals surface area (Å²) in [5, 5.41) is 0.861. The van der Waals surface area contributed by atoms with Gasteiger partial charge in [0.25, 0.3) is 0 Å². The molecule has 77 valence electrons. The second kappa shape index (κ2) is 4.17. The molecular weight excluding hydrogens is 170 g/mol. The number of rotatable bonds is 3. The van der Waals surface area contributed by atoms with E-state index >= 15 is 0 Å². The fraction of sp³-hybridized carbons (Fsp3) is 0.889. The molecule has 1 amide bonds. The van der Waals surface area contributed by atoms with E-state index in [0.717, 1.165) is 5.23 Å². The SMILES string of the molecule is CC(C)(C)O[N+](C=O)OC(C)(C)C. The monoisotopic (exact) mass is 189 g/mol. The molecule has 0 N–H and O–H groups in total. The number of carbonyl (C=O) groups excluding carboxylic acids is 1. The molecule has 0 fully saturated rings. The van der Waals surface area contributed by atoms with E-state index in [1.54, 1.807) is 0 Å². The van der Waals surface area contributed by atoms with Gasteiger partial charge in [-0.3, -0.25) is 0 Å². The lowest BCUT2D eigenvalue weighted by Gasteiger charge is -2.18. The molecule has 4 heteroatoms. The van der Waals surface area contributed by atoms with Gasteiger partial charge >= 0.3 is 6.41 Å². The summed E-state index contributed by atoms with van der Waals surface area (Å²) in [6, 6.07) is 0. The average Bonchev–Trinajstić information content (AvgIpc) is 1.79. The zero-order valence-corrected chi connectivity index (χ0v) is 9.25. The van der Waals surface area contributed by atoms with E-state index in [0.29, 0.717) is 6.41 Å². The van der Waals surface area contributed by atoms with Crippen molar-refractivity contribution in [3.63, 3.8) is 0 Å². The maximum Gasteiger partial charge on any atom is 0.427 e. The Kier molecular flexibility index (Phi) is 4.03. The van der Waals surface area contributed by atoms with E-state index in [1.165, 1.54) is 0 Å². The molecule has 0 aromatic carbocycles. The van der Waals surface area contributed by atoms with E-state index in [4.69, 9.17) is 9.68 Å². The summed E-state index contributed by atoms with van der Waals surface area (Å²) in [6.45, 7) is 11.1. The number of hydroxylamine groups is 2. The summed E-state index contributed by atoms with van der Waals surface area (Å²) in [6.07, 6.45) is 0.510. The third-order valence-corrected chi connectivity index (χ3v) is 0.814. The highest BCUT2D eigenvalue weighted by Crippen LogP contribution is 2.12. The molecule has 0 aliphatic carbocycles. The Labute approximate surface area is 79.7 Å². The molecule has 13 heavy (non-hydrogen) atoms. The molecule has 0 aliphatic rings. The van der Waals surface area contributed by atoms with E-state index in [9.17, 15) is 4.79 Å². The van der Waals surface area contributed by atoms with Crippen LogP contribution >= 0.6 is 0 Å². The third-order valence-electron chi connectivity index (χ3n) is 0.814. The maximum atomic E-state index is 10.5. The van der Waals surface area contributed by atoms with Crippen molar-refractivity contribution < 1.29 is 14.5 Å². The lowest BCUT2D eigenvalue weighted by molar-refractivity contribution is -0.325. The molecule has 0 aromatic rings. The molecule has 0 rings (SSSR count). The van der Waals surface area contributed by atoms with Crippen molar-refractivity contribution in [1.29, 1.82) is 0 Å². The summed E-state index contributed by atoms with van der Waals surface area (Å²) < 4.78 is 0. The number of hydrogen-bond acceptors (Lipinski definition) is 3. The van der Waals surface area contributed by atoms with Crippen LogP contribution in [0.3, 0.4) is 0 Å². The van der Waals surface area contributed by atoms with Crippen molar-refractivity contribution >= 4 is 6.41 Å². The third kappa shape index (κ3) is 7.90. The highest BCUT2D eigenvalue weighted by atomic mass is 17.0. The standard InChI is InChI=1S/C9H19NO3/c1-8(2,3)12-10(7-11)13-9(4,5)6/h7H,1-6H3/q+1. The maximum absolute atomic E-state index is 10.5. The van der Waals surface area contributed by atoms with Gasteiger partial charge in [0.05, 0.1) is 0 Å². The first-order chi connectivity index (χ1) is 5.64. The smallest absolute Gasteiger partial charge is 0.220 e. The van der Waals surface area contributed by atoms with Gasteiger partial charge in [0.15, 0.2) is 0 Å². The Balaban J connectivity index is 4.13. The van der Waals surface area contributed by atoms with Crippen LogP contribution < -0.4 is 5.23 Å². The second-order valence-corrected chi connectivity index (χ2v) is 4.80. The Hall–Kier alpha value is -0.450. The molecule has 4 nitrogen and oxygen atoms in total. The number of amides is 1. The Morgan fingerprint density at radius 3 is 1.38 bits per heavy atom. The van der Waals surface area contributed by atoms with E-state index < -0.39 is 11.2 Å². The van der Waals surface area contributed by atoms with Gasteiger partial charge in [0, 0.05) is 0 Å². The first kappa shape index (κ1) is 12.6. The number of hydrogen-bond donors (Lipinski definition) is 0. The van der Waals surface area contributed by atoms with Crippen LogP contribution in [-0.2, 0) is 14.5 Å². The van der Waals surface area contributed by atoms with Crippen LogP contribution in [0.15, 0.2) is 0 Å². The molecule has 0 unspecified atom stereocenters. The summed E-state index contributed by atoms with van der Waals surface area (Å²) in [7, 11) is 0. The van der Waals surface area contributed by atoms with Crippen molar-refractivity contribution in [2.45, 2.75) is 52.7 Å². The van der Waals surface area contributed by atoms with Crippen LogP contribution in [0.1, 0.15) is 41.5 Å². The van der Waals surface area contributed by atoms with Crippen molar-refractivity contribution in [2.24, 2.45) is 0 Å². The van der Waals surface area contributed by atoms with Crippen molar-refractivity contribution in [3.8, 4) is 0 Å². The van der Waals surface area contributed by atoms with Crippen molar-refractivity contribution in [1.82, 2.24) is 5.23 Å². The molecule has 0 saturated carbocycles. The van der Waals surface area contributed by atoms with Crippen LogP contribution in [-0.4, -0.2) is 17.6 Å². The highest BCUT2D eigenvalue weighted by molar-refractivity contribution is 5.46. The predicted molar refractivity (Wildman–Crippen MR) is 49.9 cm³/mol. The second-order valence-electron chi connectivity index (χ2n) is 4.80. The zero-order valence-electron chi connectivity index (χ0n) is 9.25. The van der Waals surface area contributed by atoms with Gasteiger partial charge < -0.3 is 0 Å². The first-order valence-electron chi connectivity index (χ1n) is 4.27. The summed E-state index contributed by atoms with van der Waals surface area (Å²) in [5.74, 6) is 0. The minimum absolute atomic E-state index is 0.438. The van der Waals surface area contributed by atoms with Crippen LogP contribution in [0, 0.1) is 0 Å². The fourth-order valence-corrected chi connectivity index (χ4v) is 0.602. The summed E-state index contributed by atoms with van der Waals surface area (Å²) in [4.78, 5) is 20.9. The number of carbonyl (C=O) groups is 1. The molecule has 0 aliphatic heterocycles. The lowest BCUT2D eigenvalue weighted by Crippen LogP contribution is -2.42. The van der Waals surface area contributed by atoms with Gasteiger partial charge in [-0.1, -0.05) is 9.68 Å². The van der Waals surface area contributed by atoms with Crippen LogP contribution in [0.25, 0.3) is 0 Å². The molecule has 1 radical (unpaired) electrons. The zero-order chi connectivity index (χ0) is 10.7. The summed E-state index contributed by atoms with van der Waals surface area (Å²) >= 11 is 0. The molecular formula is C9H19NO3+. The highest BCUT2D eigenvalue weighted by Gasteiger charge is 2.33. The molecule has 0 saturated heterocycles. The van der Waals surface area contributed by atoms with Gasteiger partial charge in [-0.2, -0.15) is 0 Å². The van der Waals surface area contributed by atoms with E-state index in [-0.39, 0.29) is 0 Å². The minimum Gasteiger partial charge on any atom is -0.220 e. The molecule has 0 spiro atoms. The van der Waals surface area contributed by atoms with E-state index in [1.807, 2.05) is 41.5 Å². The normalized spacial score (nSPS) is 13.5. The Morgan fingerprint density at radius 2 is 1.23 bits per heavy atom. The Morgan fingerprint density at radius 1 is 0.923 bits per heavy atom. The van der Waals surface area contributed by atoms with Gasteiger partial charge in [-0.05, 0) is 41.5 Å². The minimum atomic E-state index is -0.438. The van der Waals surface area contributed by atoms with Crippen LogP contribution in [0.4, 0.5) is 0 Å². The first-order valence-corrected chi connectivity index (χ1v) is 4.27. The lowest BCUT2D eigenvalue weighted by atomic mass is 10.2. The van der Waals surface area contributed by atoms with E-state index in [2.05, 4.69) is 0 Å². The molecule has 0 heterocycles. The van der Waals surface area contributed by atoms with Crippen LogP contribution in [0.2, 0.25) is 0 Å². The topological polar surface area (TPSA) is 41.4 Å². The van der Waals surface area contributed by atoms with Gasteiger partial charge in [0.1, 0.15) is 11.2 Å². The molecule has 0 bridgehead atoms. The Bertz CT molecular complexity index is 151. The fourth-order valence-electron chi connectivity index (χ4n) is 0.602. The van der Waals surface area contributed by atoms with Gasteiger partial charge in [0.2, 0.25) is 5.23 Å². The van der Waals surface area contributed by atoms with Crippen molar-refractivity contribution in [2.75, 3.05) is 0 Å². The van der Waals surface area contributed by atoms with Gasteiger partial charge in [-0.15, -0.1) is 0 Å². The predicted octanol–water partition coefficient (Wildman–Crippen LogP) is 1.74. The average molecular weight is 189 g/mol. The number of nitrogens with zero attached hydrogens (tertiary/aromatic N) is 1. The van der Waals surface area contributed by atoms with Crippen molar-refractivity contribution in [3.05, 3.63) is 0 Å². The molecule has 0 atom stereocenters.